The zero-order chi connectivity index (χ0) is 16.2. The van der Waals surface area contributed by atoms with E-state index in [-0.39, 0.29) is 0 Å². The van der Waals surface area contributed by atoms with Crippen molar-refractivity contribution in [3.05, 3.63) is 47.6 Å². The van der Waals surface area contributed by atoms with Gasteiger partial charge in [0.25, 0.3) is 0 Å². The molecule has 6 nitrogen and oxygen atoms in total. The molecule has 1 aliphatic rings. The molecule has 0 aromatic carbocycles. The summed E-state index contributed by atoms with van der Waals surface area (Å²) in [7, 11) is 4.16. The summed E-state index contributed by atoms with van der Waals surface area (Å²) in [5.74, 6) is 0.842. The minimum absolute atomic E-state index is 0.341. The molecule has 1 saturated heterocycles. The average Bonchev–Trinajstić information content (AvgIpc) is 2.97. The number of hydrogen-bond donors (Lipinski definition) is 0. The predicted molar refractivity (Wildman–Crippen MR) is 88.6 cm³/mol. The lowest BCUT2D eigenvalue weighted by Crippen LogP contribution is -2.26. The molecule has 0 amide bonds. The Hall–Kier alpha value is -1.92. The van der Waals surface area contributed by atoms with Gasteiger partial charge >= 0.3 is 0 Å². The van der Waals surface area contributed by atoms with Crippen molar-refractivity contribution < 1.29 is 0 Å². The number of aromatic nitrogens is 4. The molecule has 0 spiro atoms. The van der Waals surface area contributed by atoms with Crippen molar-refractivity contribution in [2.75, 3.05) is 20.6 Å². The smallest absolute Gasteiger partial charge is 0.125 e. The van der Waals surface area contributed by atoms with Gasteiger partial charge in [-0.1, -0.05) is 0 Å². The van der Waals surface area contributed by atoms with Crippen molar-refractivity contribution in [3.63, 3.8) is 0 Å². The third-order valence-corrected chi connectivity index (χ3v) is 4.17. The first-order valence-corrected chi connectivity index (χ1v) is 8.09. The molecule has 122 valence electrons. The fraction of sp³-hybridized carbons (Fsp3) is 0.529. The highest BCUT2D eigenvalue weighted by atomic mass is 15.2. The van der Waals surface area contributed by atoms with Crippen LogP contribution in [0.1, 0.15) is 41.7 Å². The van der Waals surface area contributed by atoms with Crippen LogP contribution in [-0.4, -0.2) is 50.4 Å². The largest absolute Gasteiger partial charge is 0.305 e. The van der Waals surface area contributed by atoms with Gasteiger partial charge in [0.05, 0.1) is 17.4 Å². The van der Waals surface area contributed by atoms with E-state index in [4.69, 9.17) is 4.98 Å². The summed E-state index contributed by atoms with van der Waals surface area (Å²) in [5.41, 5.74) is 3.41. The van der Waals surface area contributed by atoms with E-state index in [9.17, 15) is 0 Å². The molecule has 3 heterocycles. The highest BCUT2D eigenvalue weighted by Crippen LogP contribution is 2.33. The van der Waals surface area contributed by atoms with Gasteiger partial charge < -0.3 is 4.90 Å². The summed E-state index contributed by atoms with van der Waals surface area (Å²) in [5, 5.41) is 0. The van der Waals surface area contributed by atoms with Gasteiger partial charge in [-0.05, 0) is 40.4 Å². The molecule has 1 fully saturated rings. The summed E-state index contributed by atoms with van der Waals surface area (Å²) in [6, 6.07) is 0.341. The first-order chi connectivity index (χ1) is 11.1. The Bertz CT molecular complexity index is 643. The summed E-state index contributed by atoms with van der Waals surface area (Å²) >= 11 is 0. The van der Waals surface area contributed by atoms with Crippen LogP contribution in [0.15, 0.2) is 24.8 Å². The zero-order valence-electron chi connectivity index (χ0n) is 14.1. The van der Waals surface area contributed by atoms with Gasteiger partial charge in [-0.2, -0.15) is 0 Å². The van der Waals surface area contributed by atoms with E-state index in [0.29, 0.717) is 6.04 Å². The Kier molecular flexibility index (Phi) is 4.93. The van der Waals surface area contributed by atoms with Crippen molar-refractivity contribution in [2.45, 2.75) is 38.9 Å². The van der Waals surface area contributed by atoms with E-state index in [1.54, 1.807) is 12.4 Å². The van der Waals surface area contributed by atoms with Crippen molar-refractivity contribution in [3.8, 4) is 0 Å². The fourth-order valence-corrected chi connectivity index (χ4v) is 3.21. The van der Waals surface area contributed by atoms with Crippen LogP contribution in [0.3, 0.4) is 0 Å². The molecule has 1 unspecified atom stereocenters. The molecular weight excluding hydrogens is 288 g/mol. The van der Waals surface area contributed by atoms with E-state index < -0.39 is 0 Å². The maximum Gasteiger partial charge on any atom is 0.125 e. The molecule has 0 aliphatic carbocycles. The Labute approximate surface area is 137 Å². The lowest BCUT2D eigenvalue weighted by molar-refractivity contribution is 0.238. The van der Waals surface area contributed by atoms with Gasteiger partial charge in [0.1, 0.15) is 5.82 Å². The Morgan fingerprint density at radius 2 is 2.09 bits per heavy atom. The van der Waals surface area contributed by atoms with E-state index in [2.05, 4.69) is 38.8 Å². The lowest BCUT2D eigenvalue weighted by Gasteiger charge is -2.26. The highest BCUT2D eigenvalue weighted by molar-refractivity contribution is 5.22. The standard InChI is InChI=1S/C17H24N6/c1-13-20-9-14(11-22(2)3)17(21-13)16-5-4-8-23(16)12-15-10-18-6-7-19-15/h6-7,9-10,16H,4-5,8,11-12H2,1-3H3. The first kappa shape index (κ1) is 16.0. The third kappa shape index (κ3) is 3.89. The van der Waals surface area contributed by atoms with Crippen molar-refractivity contribution >= 4 is 0 Å². The topological polar surface area (TPSA) is 58.0 Å². The van der Waals surface area contributed by atoms with Crippen LogP contribution < -0.4 is 0 Å². The third-order valence-electron chi connectivity index (χ3n) is 4.17. The maximum atomic E-state index is 4.78. The molecule has 0 radical (unpaired) electrons. The second-order valence-corrected chi connectivity index (χ2v) is 6.39. The lowest BCUT2D eigenvalue weighted by atomic mass is 10.1. The quantitative estimate of drug-likeness (QED) is 0.841. The van der Waals surface area contributed by atoms with Crippen LogP contribution in [0.5, 0.6) is 0 Å². The molecule has 0 N–H and O–H groups in total. The minimum Gasteiger partial charge on any atom is -0.305 e. The molecule has 0 bridgehead atoms. The molecule has 3 rings (SSSR count). The minimum atomic E-state index is 0.341. The SMILES string of the molecule is Cc1ncc(CN(C)C)c(C2CCCN2Cc2cnccn2)n1. The van der Waals surface area contributed by atoms with E-state index >= 15 is 0 Å². The molecule has 1 atom stereocenters. The molecule has 1 aliphatic heterocycles. The van der Waals surface area contributed by atoms with Crippen LogP contribution in [0.2, 0.25) is 0 Å². The Morgan fingerprint density at radius 3 is 2.83 bits per heavy atom. The Morgan fingerprint density at radius 1 is 1.22 bits per heavy atom. The van der Waals surface area contributed by atoms with Crippen LogP contribution in [0.25, 0.3) is 0 Å². The van der Waals surface area contributed by atoms with E-state index in [1.165, 1.54) is 17.7 Å². The molecule has 23 heavy (non-hydrogen) atoms. The second kappa shape index (κ2) is 7.10. The summed E-state index contributed by atoms with van der Waals surface area (Å²) < 4.78 is 0. The van der Waals surface area contributed by atoms with E-state index in [0.717, 1.165) is 37.6 Å². The molecule has 2 aromatic rings. The molecular formula is C17H24N6. The van der Waals surface area contributed by atoms with Crippen molar-refractivity contribution in [1.29, 1.82) is 0 Å². The van der Waals surface area contributed by atoms with Gasteiger partial charge in [-0.25, -0.2) is 9.97 Å². The number of nitrogens with zero attached hydrogens (tertiary/aromatic N) is 6. The highest BCUT2D eigenvalue weighted by Gasteiger charge is 2.29. The first-order valence-electron chi connectivity index (χ1n) is 8.09. The van der Waals surface area contributed by atoms with Gasteiger partial charge in [0, 0.05) is 43.4 Å². The van der Waals surface area contributed by atoms with Gasteiger partial charge in [-0.15, -0.1) is 0 Å². The summed E-state index contributed by atoms with van der Waals surface area (Å²) in [6.07, 6.45) is 9.63. The second-order valence-electron chi connectivity index (χ2n) is 6.39. The van der Waals surface area contributed by atoms with Crippen LogP contribution in [0.4, 0.5) is 0 Å². The van der Waals surface area contributed by atoms with Gasteiger partial charge in [-0.3, -0.25) is 14.9 Å². The van der Waals surface area contributed by atoms with Crippen molar-refractivity contribution in [1.82, 2.24) is 29.7 Å². The fourth-order valence-electron chi connectivity index (χ4n) is 3.21. The Balaban J connectivity index is 1.86. The van der Waals surface area contributed by atoms with Gasteiger partial charge in [0.15, 0.2) is 0 Å². The molecule has 6 heteroatoms. The average molecular weight is 312 g/mol. The van der Waals surface area contributed by atoms with Gasteiger partial charge in [0.2, 0.25) is 0 Å². The van der Waals surface area contributed by atoms with Crippen LogP contribution in [0, 0.1) is 6.92 Å². The van der Waals surface area contributed by atoms with Crippen molar-refractivity contribution in [2.24, 2.45) is 0 Å². The van der Waals surface area contributed by atoms with E-state index in [1.807, 2.05) is 19.3 Å². The zero-order valence-corrected chi connectivity index (χ0v) is 14.1. The maximum absolute atomic E-state index is 4.78. The number of rotatable bonds is 5. The van der Waals surface area contributed by atoms with Crippen LogP contribution in [-0.2, 0) is 13.1 Å². The number of hydrogen-bond acceptors (Lipinski definition) is 6. The monoisotopic (exact) mass is 312 g/mol. The van der Waals surface area contributed by atoms with Crippen LogP contribution >= 0.6 is 0 Å². The number of likely N-dealkylation sites (tertiary alicyclic amines) is 1. The predicted octanol–water partition coefficient (Wildman–Crippen LogP) is 1.97. The number of aryl methyl sites for hydroxylation is 1. The normalized spacial score (nSPS) is 18.7. The molecule has 0 saturated carbocycles. The summed E-state index contributed by atoms with van der Waals surface area (Å²) in [4.78, 5) is 22.4. The summed E-state index contributed by atoms with van der Waals surface area (Å²) in [6.45, 7) is 4.73. The molecule has 2 aromatic heterocycles.